The molecule has 0 saturated heterocycles. The number of aryl methyl sites for hydroxylation is 1. The first-order valence-electron chi connectivity index (χ1n) is 6.43. The van der Waals surface area contributed by atoms with Gasteiger partial charge in [0.2, 0.25) is 0 Å². The molecule has 1 aromatic heterocycles. The van der Waals surface area contributed by atoms with Crippen LogP contribution in [0.1, 0.15) is 24.7 Å². The van der Waals surface area contributed by atoms with Gasteiger partial charge in [-0.15, -0.1) is 0 Å². The lowest BCUT2D eigenvalue weighted by Crippen LogP contribution is -2.01. The molecule has 0 radical (unpaired) electrons. The van der Waals surface area contributed by atoms with E-state index in [2.05, 4.69) is 9.97 Å². The summed E-state index contributed by atoms with van der Waals surface area (Å²) in [6.07, 6.45) is 1.62. The molecule has 0 spiro atoms. The Bertz CT molecular complexity index is 632. The van der Waals surface area contributed by atoms with Crippen molar-refractivity contribution in [3.8, 4) is 17.0 Å². The van der Waals surface area contributed by atoms with Gasteiger partial charge in [0, 0.05) is 23.6 Å². The number of hydrogen-bond acceptors (Lipinski definition) is 3. The molecule has 106 valence electrons. The first-order valence-corrected chi connectivity index (χ1v) is 6.81. The van der Waals surface area contributed by atoms with E-state index in [1.807, 2.05) is 6.92 Å². The number of hydrogen-bond donors (Lipinski definition) is 0. The minimum Gasteiger partial charge on any atom is -0.497 e. The normalized spacial score (nSPS) is 10.7. The van der Waals surface area contributed by atoms with Crippen molar-refractivity contribution >= 4 is 11.6 Å². The van der Waals surface area contributed by atoms with E-state index in [0.29, 0.717) is 40.0 Å². The minimum absolute atomic E-state index is 0.369. The summed E-state index contributed by atoms with van der Waals surface area (Å²) in [5.41, 5.74) is 1.62. The number of benzene rings is 1. The molecule has 0 aliphatic heterocycles. The van der Waals surface area contributed by atoms with Crippen LogP contribution in [0.4, 0.5) is 4.39 Å². The Balaban J connectivity index is 2.56. The predicted molar refractivity (Wildman–Crippen MR) is 77.7 cm³/mol. The number of halogens is 2. The molecule has 0 amide bonds. The van der Waals surface area contributed by atoms with E-state index in [1.165, 1.54) is 13.2 Å². The minimum atomic E-state index is -0.385. The molecule has 0 aliphatic rings. The van der Waals surface area contributed by atoms with Crippen LogP contribution in [0, 0.1) is 12.7 Å². The van der Waals surface area contributed by atoms with Crippen molar-refractivity contribution in [2.24, 2.45) is 0 Å². The summed E-state index contributed by atoms with van der Waals surface area (Å²) in [5, 5.41) is 0.369. The van der Waals surface area contributed by atoms with Crippen LogP contribution in [-0.2, 0) is 6.42 Å². The van der Waals surface area contributed by atoms with Crippen molar-refractivity contribution in [2.75, 3.05) is 7.11 Å². The van der Waals surface area contributed by atoms with Gasteiger partial charge in [0.25, 0.3) is 0 Å². The Morgan fingerprint density at radius 2 is 2.05 bits per heavy atom. The lowest BCUT2D eigenvalue weighted by molar-refractivity contribution is 0.411. The Labute approximate surface area is 122 Å². The Morgan fingerprint density at radius 1 is 1.30 bits per heavy atom. The highest BCUT2D eigenvalue weighted by molar-refractivity contribution is 6.30. The highest BCUT2D eigenvalue weighted by Crippen LogP contribution is 2.30. The first-order chi connectivity index (χ1) is 9.56. The molecule has 3 nitrogen and oxygen atoms in total. The van der Waals surface area contributed by atoms with Crippen LogP contribution in [0.25, 0.3) is 11.3 Å². The SMILES string of the molecule is CCCc1nc(Cl)c(C)c(-c2ccc(OC)cc2F)n1. The monoisotopic (exact) mass is 294 g/mol. The zero-order valence-electron chi connectivity index (χ0n) is 11.7. The van der Waals surface area contributed by atoms with Gasteiger partial charge in [-0.05, 0) is 25.5 Å². The van der Waals surface area contributed by atoms with E-state index >= 15 is 0 Å². The van der Waals surface area contributed by atoms with Crippen LogP contribution >= 0.6 is 11.6 Å². The summed E-state index contributed by atoms with van der Waals surface area (Å²) < 4.78 is 19.2. The van der Waals surface area contributed by atoms with Gasteiger partial charge in [-0.1, -0.05) is 18.5 Å². The van der Waals surface area contributed by atoms with Gasteiger partial charge in [-0.3, -0.25) is 0 Å². The molecule has 2 aromatic rings. The summed E-state index contributed by atoms with van der Waals surface area (Å²) in [6.45, 7) is 3.82. The molecule has 0 saturated carbocycles. The lowest BCUT2D eigenvalue weighted by atomic mass is 10.1. The zero-order chi connectivity index (χ0) is 14.7. The molecular weight excluding hydrogens is 279 g/mol. The number of nitrogens with zero attached hydrogens (tertiary/aromatic N) is 2. The van der Waals surface area contributed by atoms with Crippen LogP contribution in [0.2, 0.25) is 5.15 Å². The first kappa shape index (κ1) is 14.7. The van der Waals surface area contributed by atoms with E-state index in [9.17, 15) is 4.39 Å². The standard InChI is InChI=1S/C15H16ClFN2O/c1-4-5-13-18-14(9(2)15(16)19-13)11-7-6-10(20-3)8-12(11)17/h6-8H,4-5H2,1-3H3. The summed E-state index contributed by atoms with van der Waals surface area (Å²) >= 11 is 6.12. The third kappa shape index (κ3) is 2.90. The largest absolute Gasteiger partial charge is 0.497 e. The van der Waals surface area contributed by atoms with E-state index in [1.54, 1.807) is 19.1 Å². The van der Waals surface area contributed by atoms with Gasteiger partial charge < -0.3 is 4.74 Å². The highest BCUT2D eigenvalue weighted by atomic mass is 35.5. The second-order valence-electron chi connectivity index (χ2n) is 4.50. The van der Waals surface area contributed by atoms with Crippen LogP contribution < -0.4 is 4.74 Å². The molecular formula is C15H16ClFN2O. The van der Waals surface area contributed by atoms with Crippen molar-refractivity contribution in [1.82, 2.24) is 9.97 Å². The third-order valence-electron chi connectivity index (χ3n) is 3.04. The molecule has 0 unspecified atom stereocenters. The van der Waals surface area contributed by atoms with Gasteiger partial charge in [0.05, 0.1) is 12.8 Å². The Kier molecular flexibility index (Phi) is 4.55. The quantitative estimate of drug-likeness (QED) is 0.793. The number of rotatable bonds is 4. The topological polar surface area (TPSA) is 35.0 Å². The average Bonchev–Trinajstić information content (AvgIpc) is 2.43. The molecule has 0 fully saturated rings. The number of methoxy groups -OCH3 is 1. The molecule has 20 heavy (non-hydrogen) atoms. The van der Waals surface area contributed by atoms with E-state index in [4.69, 9.17) is 16.3 Å². The van der Waals surface area contributed by atoms with Gasteiger partial charge in [0.15, 0.2) is 0 Å². The zero-order valence-corrected chi connectivity index (χ0v) is 12.5. The van der Waals surface area contributed by atoms with E-state index in [0.717, 1.165) is 6.42 Å². The van der Waals surface area contributed by atoms with Gasteiger partial charge in [-0.25, -0.2) is 14.4 Å². The molecule has 0 N–H and O–H groups in total. The molecule has 0 atom stereocenters. The summed E-state index contributed by atoms with van der Waals surface area (Å²) in [6, 6.07) is 4.69. The molecule has 0 aliphatic carbocycles. The maximum Gasteiger partial charge on any atom is 0.136 e. The molecule has 1 heterocycles. The molecule has 5 heteroatoms. The van der Waals surface area contributed by atoms with Crippen LogP contribution in [0.15, 0.2) is 18.2 Å². The smallest absolute Gasteiger partial charge is 0.136 e. The predicted octanol–water partition coefficient (Wildman–Crippen LogP) is 4.21. The fourth-order valence-electron chi connectivity index (χ4n) is 1.95. The second kappa shape index (κ2) is 6.18. The molecule has 1 aromatic carbocycles. The maximum absolute atomic E-state index is 14.2. The van der Waals surface area contributed by atoms with Crippen LogP contribution in [0.5, 0.6) is 5.75 Å². The van der Waals surface area contributed by atoms with Crippen molar-refractivity contribution in [3.63, 3.8) is 0 Å². The van der Waals surface area contributed by atoms with Crippen molar-refractivity contribution in [1.29, 1.82) is 0 Å². The summed E-state index contributed by atoms with van der Waals surface area (Å²) in [4.78, 5) is 8.65. The molecule has 2 rings (SSSR count). The van der Waals surface area contributed by atoms with E-state index < -0.39 is 0 Å². The lowest BCUT2D eigenvalue weighted by Gasteiger charge is -2.10. The molecule has 0 bridgehead atoms. The average molecular weight is 295 g/mol. The fraction of sp³-hybridized carbons (Fsp3) is 0.333. The van der Waals surface area contributed by atoms with Crippen molar-refractivity contribution in [2.45, 2.75) is 26.7 Å². The van der Waals surface area contributed by atoms with Crippen LogP contribution in [-0.4, -0.2) is 17.1 Å². The van der Waals surface area contributed by atoms with Crippen molar-refractivity contribution < 1.29 is 9.13 Å². The van der Waals surface area contributed by atoms with Gasteiger partial charge in [0.1, 0.15) is 22.5 Å². The van der Waals surface area contributed by atoms with Gasteiger partial charge in [-0.2, -0.15) is 0 Å². The third-order valence-corrected chi connectivity index (χ3v) is 3.41. The van der Waals surface area contributed by atoms with Gasteiger partial charge >= 0.3 is 0 Å². The Hall–Kier alpha value is -1.68. The number of aromatic nitrogens is 2. The highest BCUT2D eigenvalue weighted by Gasteiger charge is 2.15. The van der Waals surface area contributed by atoms with Crippen LogP contribution in [0.3, 0.4) is 0 Å². The van der Waals surface area contributed by atoms with Crippen molar-refractivity contribution in [3.05, 3.63) is 40.6 Å². The Morgan fingerprint density at radius 3 is 2.65 bits per heavy atom. The number of ether oxygens (including phenoxy) is 1. The summed E-state index contributed by atoms with van der Waals surface area (Å²) in [5.74, 6) is 0.718. The summed E-state index contributed by atoms with van der Waals surface area (Å²) in [7, 11) is 1.50. The second-order valence-corrected chi connectivity index (χ2v) is 4.86. The fourth-order valence-corrected chi connectivity index (χ4v) is 2.13. The van der Waals surface area contributed by atoms with E-state index in [-0.39, 0.29) is 5.82 Å². The maximum atomic E-state index is 14.2.